The Labute approximate surface area is 96.0 Å². The highest BCUT2D eigenvalue weighted by Crippen LogP contribution is 2.16. The molecule has 1 N–H and O–H groups in total. The molecule has 0 aromatic heterocycles. The van der Waals surface area contributed by atoms with Crippen molar-refractivity contribution in [2.75, 3.05) is 0 Å². The average Bonchev–Trinajstić information content (AvgIpc) is 2.04. The van der Waals surface area contributed by atoms with Crippen LogP contribution in [0.4, 0.5) is 0 Å². The summed E-state index contributed by atoms with van der Waals surface area (Å²) in [5.74, 6) is 0.132. The average molecular weight is 275 g/mol. The molecule has 0 saturated heterocycles. The highest BCUT2D eigenvalue weighted by molar-refractivity contribution is 9.10. The molecule has 0 atom stereocenters. The molecule has 0 bridgehead atoms. The van der Waals surface area contributed by atoms with E-state index in [1.807, 2.05) is 12.1 Å². The molecule has 0 radical (unpaired) electrons. The minimum Gasteiger partial charge on any atom is -0.507 e. The van der Waals surface area contributed by atoms with Crippen molar-refractivity contribution in [1.29, 1.82) is 0 Å². The maximum Gasteiger partial charge on any atom is 0.124 e. The Kier molecular flexibility index (Phi) is 3.96. The Morgan fingerprint density at radius 2 is 1.92 bits per heavy atom. The van der Waals surface area contributed by atoms with Crippen LogP contribution in [0.15, 0.2) is 34.8 Å². The zero-order valence-corrected chi connectivity index (χ0v) is 9.86. The maximum atomic E-state index is 9.49. The number of hydrogen-bond acceptors (Lipinski definition) is 2. The zero-order valence-electron chi connectivity index (χ0n) is 6.57. The van der Waals surface area contributed by atoms with E-state index >= 15 is 0 Å². The predicted molar refractivity (Wildman–Crippen MR) is 66.3 cm³/mol. The summed E-state index contributed by atoms with van der Waals surface area (Å²) in [5.41, 5.74) is 0.722. The van der Waals surface area contributed by atoms with Crippen LogP contribution < -0.4 is 0 Å². The number of hydrogen-bond donors (Lipinski definition) is 2. The fourth-order valence-electron chi connectivity index (χ4n) is 0.821. The quantitative estimate of drug-likeness (QED) is 0.372. The number of aliphatic hydroxyl groups excluding tert-OH is 1. The van der Waals surface area contributed by atoms with Crippen LogP contribution in [0.25, 0.3) is 5.76 Å². The van der Waals surface area contributed by atoms with Crippen molar-refractivity contribution in [3.05, 3.63) is 40.4 Å². The maximum absolute atomic E-state index is 9.49. The molecule has 0 fully saturated rings. The van der Waals surface area contributed by atoms with E-state index in [1.165, 1.54) is 6.08 Å². The molecular weight excluding hydrogens is 268 g/mol. The lowest BCUT2D eigenvalue weighted by atomic mass is 10.2. The molecule has 0 unspecified atom stereocenters. The van der Waals surface area contributed by atoms with Gasteiger partial charge in [0.25, 0.3) is 0 Å². The van der Waals surface area contributed by atoms with Gasteiger partial charge in [-0.1, -0.05) is 40.3 Å². The van der Waals surface area contributed by atoms with Gasteiger partial charge in [0, 0.05) is 16.1 Å². The molecule has 0 aliphatic carbocycles. The monoisotopic (exact) mass is 274 g/mol. The van der Waals surface area contributed by atoms with Crippen LogP contribution in [0.5, 0.6) is 0 Å². The second-order valence-electron chi connectivity index (χ2n) is 2.37. The van der Waals surface area contributed by atoms with Gasteiger partial charge < -0.3 is 5.11 Å². The zero-order chi connectivity index (χ0) is 9.84. The van der Waals surface area contributed by atoms with Crippen LogP contribution in [0, 0.1) is 0 Å². The normalized spacial score (nSPS) is 11.4. The first kappa shape index (κ1) is 10.8. The van der Waals surface area contributed by atoms with E-state index in [2.05, 4.69) is 28.6 Å². The molecular formula is C9H7BrOS2. The predicted octanol–water partition coefficient (Wildman–Crippen LogP) is 3.61. The van der Waals surface area contributed by atoms with Crippen molar-refractivity contribution in [3.8, 4) is 0 Å². The van der Waals surface area contributed by atoms with Crippen molar-refractivity contribution < 1.29 is 5.11 Å². The summed E-state index contributed by atoms with van der Waals surface area (Å²) in [7, 11) is 0. The number of thiocarbonyl (C=S) groups is 1. The third-order valence-electron chi connectivity index (χ3n) is 1.40. The molecule has 1 nitrogen and oxygen atoms in total. The third-order valence-corrected chi connectivity index (χ3v) is 2.18. The highest BCUT2D eigenvalue weighted by atomic mass is 79.9. The number of rotatable bonds is 2. The van der Waals surface area contributed by atoms with Crippen molar-refractivity contribution >= 4 is 50.7 Å². The van der Waals surface area contributed by atoms with Gasteiger partial charge in [0.2, 0.25) is 0 Å². The minimum atomic E-state index is 0.132. The number of thiol groups is 1. The number of aliphatic hydroxyl groups is 1. The van der Waals surface area contributed by atoms with Crippen LogP contribution in [-0.2, 0) is 0 Å². The van der Waals surface area contributed by atoms with E-state index in [0.717, 1.165) is 10.0 Å². The van der Waals surface area contributed by atoms with Crippen LogP contribution >= 0.6 is 40.8 Å². The van der Waals surface area contributed by atoms with E-state index in [1.54, 1.807) is 12.1 Å². The first-order valence-corrected chi connectivity index (χ1v) is 5.14. The fourth-order valence-corrected chi connectivity index (χ4v) is 1.32. The molecule has 0 saturated carbocycles. The third kappa shape index (κ3) is 3.50. The van der Waals surface area contributed by atoms with E-state index in [-0.39, 0.29) is 5.76 Å². The molecule has 0 spiro atoms. The summed E-state index contributed by atoms with van der Waals surface area (Å²) in [5, 5.41) is 9.49. The molecule has 0 heterocycles. The summed E-state index contributed by atoms with van der Waals surface area (Å²) < 4.78 is 1.33. The van der Waals surface area contributed by atoms with Gasteiger partial charge in [-0.2, -0.15) is 0 Å². The van der Waals surface area contributed by atoms with Gasteiger partial charge in [-0.3, -0.25) is 0 Å². The summed E-state index contributed by atoms with van der Waals surface area (Å²) >= 11 is 11.9. The van der Waals surface area contributed by atoms with E-state index < -0.39 is 0 Å². The van der Waals surface area contributed by atoms with E-state index in [4.69, 9.17) is 12.2 Å². The minimum absolute atomic E-state index is 0.132. The van der Waals surface area contributed by atoms with E-state index in [0.29, 0.717) is 4.20 Å². The second kappa shape index (κ2) is 4.79. The van der Waals surface area contributed by atoms with Gasteiger partial charge in [0.15, 0.2) is 0 Å². The van der Waals surface area contributed by atoms with Gasteiger partial charge in [0.1, 0.15) is 5.76 Å². The summed E-state index contributed by atoms with van der Waals surface area (Å²) in [4.78, 5) is 0. The number of halogens is 1. The Morgan fingerprint density at radius 1 is 1.38 bits per heavy atom. The van der Waals surface area contributed by atoms with Crippen molar-refractivity contribution in [2.24, 2.45) is 0 Å². The summed E-state index contributed by atoms with van der Waals surface area (Å²) in [6.45, 7) is 0. The molecule has 0 amide bonds. The van der Waals surface area contributed by atoms with Crippen molar-refractivity contribution in [3.63, 3.8) is 0 Å². The van der Waals surface area contributed by atoms with E-state index in [9.17, 15) is 5.11 Å². The first-order chi connectivity index (χ1) is 6.09. The van der Waals surface area contributed by atoms with Crippen molar-refractivity contribution in [2.45, 2.75) is 0 Å². The van der Waals surface area contributed by atoms with Gasteiger partial charge >= 0.3 is 0 Å². The van der Waals surface area contributed by atoms with Crippen LogP contribution in [-0.4, -0.2) is 9.30 Å². The number of benzene rings is 1. The van der Waals surface area contributed by atoms with Gasteiger partial charge in [0.05, 0.1) is 4.20 Å². The molecule has 0 aliphatic rings. The van der Waals surface area contributed by atoms with Crippen LogP contribution in [0.2, 0.25) is 0 Å². The summed E-state index contributed by atoms with van der Waals surface area (Å²) in [6.07, 6.45) is 1.43. The highest BCUT2D eigenvalue weighted by Gasteiger charge is 1.98. The lowest BCUT2D eigenvalue weighted by molar-refractivity contribution is 0.512. The van der Waals surface area contributed by atoms with Crippen molar-refractivity contribution in [1.82, 2.24) is 0 Å². The summed E-state index contributed by atoms with van der Waals surface area (Å²) in [6, 6.07) is 7.28. The van der Waals surface area contributed by atoms with Gasteiger partial charge in [-0.05, 0) is 12.1 Å². The van der Waals surface area contributed by atoms with Gasteiger partial charge in [-0.15, -0.1) is 12.6 Å². The molecule has 1 aromatic rings. The molecule has 68 valence electrons. The second-order valence-corrected chi connectivity index (χ2v) is 4.51. The molecule has 1 rings (SSSR count). The fraction of sp³-hybridized carbons (Fsp3) is 0. The SMILES string of the molecule is OC(=CC(=S)S)c1ccc(Br)cc1. The van der Waals surface area contributed by atoms with Crippen LogP contribution in [0.3, 0.4) is 0 Å². The Balaban J connectivity index is 2.96. The van der Waals surface area contributed by atoms with Gasteiger partial charge in [-0.25, -0.2) is 0 Å². The van der Waals surface area contributed by atoms with Crippen LogP contribution in [0.1, 0.15) is 5.56 Å². The Hall–Kier alpha value is -0.320. The smallest absolute Gasteiger partial charge is 0.124 e. The largest absolute Gasteiger partial charge is 0.507 e. The lowest BCUT2D eigenvalue weighted by Gasteiger charge is -1.99. The topological polar surface area (TPSA) is 20.2 Å². The Morgan fingerprint density at radius 3 is 2.38 bits per heavy atom. The standard InChI is InChI=1S/C9H7BrOS2/c10-7-3-1-6(2-4-7)8(11)5-9(12)13/h1-5,11H,(H,12,13). The molecule has 1 aromatic carbocycles. The molecule has 13 heavy (non-hydrogen) atoms. The lowest BCUT2D eigenvalue weighted by Crippen LogP contribution is -1.84. The molecule has 4 heteroatoms. The first-order valence-electron chi connectivity index (χ1n) is 3.49. The Bertz CT molecular complexity index is 343. The molecule has 0 aliphatic heterocycles.